The maximum atomic E-state index is 4.54. The molecule has 2 rings (SSSR count). The molecule has 2 aromatic heterocycles. The molecule has 0 spiro atoms. The van der Waals surface area contributed by atoms with Gasteiger partial charge in [-0.05, 0) is 23.1 Å². The molecule has 17 heavy (non-hydrogen) atoms. The summed E-state index contributed by atoms with van der Waals surface area (Å²) in [6.45, 7) is 13.3. The summed E-state index contributed by atoms with van der Waals surface area (Å²) in [6, 6.07) is 4.45. The number of hydrogen-bond acceptors (Lipinski definition) is 1. The van der Waals surface area contributed by atoms with Crippen LogP contribution in [0.3, 0.4) is 0 Å². The largest absolute Gasteiger partial charge is 0.307 e. The minimum Gasteiger partial charge on any atom is -0.307 e. The summed E-state index contributed by atoms with van der Waals surface area (Å²) >= 11 is 0. The molecule has 0 saturated carbocycles. The molecule has 0 aromatic carbocycles. The van der Waals surface area contributed by atoms with Crippen LogP contribution in [0.4, 0.5) is 0 Å². The van der Waals surface area contributed by atoms with Gasteiger partial charge in [0.25, 0.3) is 0 Å². The molecule has 0 N–H and O–H groups in total. The molecular formula is C15H22N2. The van der Waals surface area contributed by atoms with Crippen molar-refractivity contribution in [3.8, 4) is 0 Å². The predicted octanol–water partition coefficient (Wildman–Crippen LogP) is 3.93. The smallest absolute Gasteiger partial charge is 0.0994 e. The quantitative estimate of drug-likeness (QED) is 0.670. The Morgan fingerprint density at radius 3 is 2.12 bits per heavy atom. The van der Waals surface area contributed by atoms with Crippen molar-refractivity contribution in [3.63, 3.8) is 0 Å². The molecule has 2 nitrogen and oxygen atoms in total. The van der Waals surface area contributed by atoms with E-state index < -0.39 is 0 Å². The number of rotatable bonds is 0. The molecule has 0 unspecified atom stereocenters. The van der Waals surface area contributed by atoms with Gasteiger partial charge in [-0.25, -0.2) is 4.98 Å². The second-order valence-corrected chi connectivity index (χ2v) is 6.84. The van der Waals surface area contributed by atoms with Crippen LogP contribution in [-0.2, 0) is 10.8 Å². The van der Waals surface area contributed by atoms with E-state index in [0.29, 0.717) is 0 Å². The van der Waals surface area contributed by atoms with Gasteiger partial charge >= 0.3 is 0 Å². The predicted molar refractivity (Wildman–Crippen MR) is 72.6 cm³/mol. The van der Waals surface area contributed by atoms with Crippen LogP contribution in [0.25, 0.3) is 5.52 Å². The lowest BCUT2D eigenvalue weighted by Crippen LogP contribution is -2.13. The first-order valence-corrected chi connectivity index (χ1v) is 6.17. The highest BCUT2D eigenvalue weighted by atomic mass is 14.9. The van der Waals surface area contributed by atoms with Crippen molar-refractivity contribution >= 4 is 5.52 Å². The summed E-state index contributed by atoms with van der Waals surface area (Å²) in [6.07, 6.45) is 4.10. The van der Waals surface area contributed by atoms with Crippen molar-refractivity contribution in [1.29, 1.82) is 0 Å². The minimum absolute atomic E-state index is 0.105. The van der Waals surface area contributed by atoms with Gasteiger partial charge in [-0.15, -0.1) is 0 Å². The zero-order valence-corrected chi connectivity index (χ0v) is 11.7. The fraction of sp³-hybridized carbons (Fsp3) is 0.533. The fourth-order valence-electron chi connectivity index (χ4n) is 1.83. The zero-order valence-electron chi connectivity index (χ0n) is 11.7. The summed E-state index contributed by atoms with van der Waals surface area (Å²) in [5.41, 5.74) is 4.02. The fourth-order valence-corrected chi connectivity index (χ4v) is 1.83. The molecule has 0 amide bonds. The van der Waals surface area contributed by atoms with Gasteiger partial charge in [0.15, 0.2) is 0 Å². The van der Waals surface area contributed by atoms with Crippen molar-refractivity contribution in [2.75, 3.05) is 0 Å². The second-order valence-electron chi connectivity index (χ2n) is 6.84. The highest BCUT2D eigenvalue weighted by molar-refractivity contribution is 5.53. The summed E-state index contributed by atoms with van der Waals surface area (Å²) in [5, 5.41) is 0. The average Bonchev–Trinajstić information content (AvgIpc) is 2.57. The molecule has 92 valence electrons. The third-order valence-electron chi connectivity index (χ3n) is 3.12. The van der Waals surface area contributed by atoms with Crippen molar-refractivity contribution < 1.29 is 0 Å². The minimum atomic E-state index is 0.105. The first-order valence-electron chi connectivity index (χ1n) is 6.17. The zero-order chi connectivity index (χ0) is 12.8. The Bertz CT molecular complexity index is 524. The van der Waals surface area contributed by atoms with E-state index in [1.807, 2.05) is 6.33 Å². The monoisotopic (exact) mass is 230 g/mol. The van der Waals surface area contributed by atoms with Gasteiger partial charge in [0, 0.05) is 22.8 Å². The highest BCUT2D eigenvalue weighted by Gasteiger charge is 2.18. The van der Waals surface area contributed by atoms with Crippen LogP contribution in [0.15, 0.2) is 24.7 Å². The average molecular weight is 230 g/mol. The van der Waals surface area contributed by atoms with E-state index in [1.54, 1.807) is 0 Å². The number of nitrogens with zero attached hydrogens (tertiary/aromatic N) is 2. The molecule has 0 fully saturated rings. The third-order valence-corrected chi connectivity index (χ3v) is 3.12. The summed E-state index contributed by atoms with van der Waals surface area (Å²) in [5.74, 6) is 0. The van der Waals surface area contributed by atoms with Crippen molar-refractivity contribution in [2.24, 2.45) is 0 Å². The molecule has 0 atom stereocenters. The first kappa shape index (κ1) is 12.2. The van der Waals surface area contributed by atoms with Gasteiger partial charge in [0.05, 0.1) is 6.33 Å². The van der Waals surface area contributed by atoms with Crippen molar-refractivity contribution in [2.45, 2.75) is 52.4 Å². The molecule has 0 aliphatic rings. The van der Waals surface area contributed by atoms with Crippen molar-refractivity contribution in [1.82, 2.24) is 9.38 Å². The SMILES string of the molecule is CC(C)(C)c1cc2cc(C(C)(C)C)ncn2c1. The van der Waals surface area contributed by atoms with E-state index in [4.69, 9.17) is 0 Å². The molecule has 0 aliphatic heterocycles. The van der Waals surface area contributed by atoms with Gasteiger partial charge < -0.3 is 4.40 Å². The third kappa shape index (κ3) is 2.36. The maximum Gasteiger partial charge on any atom is 0.0994 e. The van der Waals surface area contributed by atoms with E-state index in [9.17, 15) is 0 Å². The Balaban J connectivity index is 2.56. The molecular weight excluding hydrogens is 208 g/mol. The second kappa shape index (κ2) is 3.59. The van der Waals surface area contributed by atoms with Crippen LogP contribution in [0.5, 0.6) is 0 Å². The topological polar surface area (TPSA) is 17.3 Å². The Hall–Kier alpha value is -1.31. The van der Waals surface area contributed by atoms with Crippen LogP contribution in [-0.4, -0.2) is 9.38 Å². The number of hydrogen-bond donors (Lipinski definition) is 0. The normalized spacial score (nSPS) is 13.3. The Kier molecular flexibility index (Phi) is 2.57. The van der Waals surface area contributed by atoms with Crippen LogP contribution in [0.2, 0.25) is 0 Å². The van der Waals surface area contributed by atoms with Crippen LogP contribution >= 0.6 is 0 Å². The molecule has 0 saturated heterocycles. The van der Waals surface area contributed by atoms with Crippen LogP contribution in [0.1, 0.15) is 52.8 Å². The Morgan fingerprint density at radius 1 is 0.941 bits per heavy atom. The van der Waals surface area contributed by atoms with Gasteiger partial charge in [-0.1, -0.05) is 41.5 Å². The Morgan fingerprint density at radius 2 is 1.59 bits per heavy atom. The van der Waals surface area contributed by atoms with Crippen LogP contribution in [0, 0.1) is 0 Å². The standard InChI is InChI=1S/C15H22N2/c1-14(2,3)11-7-12-8-13(15(4,5)6)16-10-17(12)9-11/h7-10H,1-6H3. The van der Waals surface area contributed by atoms with E-state index in [-0.39, 0.29) is 10.8 Å². The summed E-state index contributed by atoms with van der Waals surface area (Å²) < 4.78 is 2.11. The maximum absolute atomic E-state index is 4.54. The number of aromatic nitrogens is 2. The molecule has 2 heterocycles. The molecule has 2 aromatic rings. The highest BCUT2D eigenvalue weighted by Crippen LogP contribution is 2.26. The van der Waals surface area contributed by atoms with Gasteiger partial charge in [-0.2, -0.15) is 0 Å². The summed E-state index contributed by atoms with van der Waals surface area (Å²) in [7, 11) is 0. The van der Waals surface area contributed by atoms with E-state index in [2.05, 4.69) is 69.3 Å². The molecule has 0 aliphatic carbocycles. The molecule has 2 heteroatoms. The van der Waals surface area contributed by atoms with Gasteiger partial charge in [0.1, 0.15) is 0 Å². The number of fused-ring (bicyclic) bond motifs is 1. The summed E-state index contributed by atoms with van der Waals surface area (Å²) in [4.78, 5) is 4.54. The van der Waals surface area contributed by atoms with E-state index >= 15 is 0 Å². The first-order chi connectivity index (χ1) is 7.68. The van der Waals surface area contributed by atoms with Crippen molar-refractivity contribution in [3.05, 3.63) is 35.9 Å². The van der Waals surface area contributed by atoms with Gasteiger partial charge in [-0.3, -0.25) is 0 Å². The van der Waals surface area contributed by atoms with E-state index in [0.717, 1.165) is 5.69 Å². The van der Waals surface area contributed by atoms with Gasteiger partial charge in [0.2, 0.25) is 0 Å². The molecule has 0 radical (unpaired) electrons. The lowest BCUT2D eigenvalue weighted by atomic mass is 9.89. The lowest BCUT2D eigenvalue weighted by Gasteiger charge is -2.17. The molecule has 0 bridgehead atoms. The lowest BCUT2D eigenvalue weighted by molar-refractivity contribution is 0.567. The van der Waals surface area contributed by atoms with E-state index in [1.165, 1.54) is 11.1 Å². The van der Waals surface area contributed by atoms with Crippen LogP contribution < -0.4 is 0 Å². The Labute approximate surface area is 104 Å².